The third-order valence-electron chi connectivity index (χ3n) is 2.73. The van der Waals surface area contributed by atoms with Crippen molar-refractivity contribution in [3.8, 4) is 0 Å². The second kappa shape index (κ2) is 7.04. The number of esters is 1. The number of hydrogen-bond acceptors (Lipinski definition) is 2. The van der Waals surface area contributed by atoms with Crippen LogP contribution in [0.2, 0.25) is 0 Å². The standard InChI is InChI=1S/C14H20O2/c1-12(7-6-10-14(15)16-2)11-13-8-4-3-5-9-13/h3-5,8-9,12H,6-7,10-11H2,1-2H3/t12-/m0/s1. The molecule has 1 rings (SSSR count). The van der Waals surface area contributed by atoms with Crippen LogP contribution >= 0.6 is 0 Å². The predicted molar refractivity (Wildman–Crippen MR) is 65.2 cm³/mol. The summed E-state index contributed by atoms with van der Waals surface area (Å²) in [6.45, 7) is 2.23. The summed E-state index contributed by atoms with van der Waals surface area (Å²) in [5.74, 6) is 0.513. The highest BCUT2D eigenvalue weighted by Gasteiger charge is 2.05. The Morgan fingerprint density at radius 1 is 1.31 bits per heavy atom. The van der Waals surface area contributed by atoms with Crippen molar-refractivity contribution in [3.63, 3.8) is 0 Å². The minimum absolute atomic E-state index is 0.105. The lowest BCUT2D eigenvalue weighted by Crippen LogP contribution is -2.03. The van der Waals surface area contributed by atoms with Crippen molar-refractivity contribution < 1.29 is 9.53 Å². The molecule has 88 valence electrons. The van der Waals surface area contributed by atoms with Crippen molar-refractivity contribution in [1.82, 2.24) is 0 Å². The summed E-state index contributed by atoms with van der Waals surface area (Å²) in [5.41, 5.74) is 1.37. The third-order valence-corrected chi connectivity index (χ3v) is 2.73. The Labute approximate surface area is 97.6 Å². The van der Waals surface area contributed by atoms with Crippen LogP contribution in [-0.4, -0.2) is 13.1 Å². The Balaban J connectivity index is 2.21. The summed E-state index contributed by atoms with van der Waals surface area (Å²) in [6, 6.07) is 10.5. The van der Waals surface area contributed by atoms with Gasteiger partial charge in [0.1, 0.15) is 0 Å². The molecule has 0 saturated heterocycles. The Hall–Kier alpha value is -1.31. The number of ether oxygens (including phenoxy) is 1. The van der Waals surface area contributed by atoms with Crippen LogP contribution < -0.4 is 0 Å². The molecule has 0 aromatic heterocycles. The van der Waals surface area contributed by atoms with Gasteiger partial charge in [0.25, 0.3) is 0 Å². The lowest BCUT2D eigenvalue weighted by atomic mass is 9.96. The molecule has 0 aliphatic carbocycles. The van der Waals surface area contributed by atoms with Crippen LogP contribution in [0.5, 0.6) is 0 Å². The highest BCUT2D eigenvalue weighted by atomic mass is 16.5. The van der Waals surface area contributed by atoms with Gasteiger partial charge in [0.05, 0.1) is 7.11 Å². The molecule has 1 atom stereocenters. The Morgan fingerprint density at radius 3 is 2.62 bits per heavy atom. The van der Waals surface area contributed by atoms with E-state index in [4.69, 9.17) is 0 Å². The molecular formula is C14H20O2. The van der Waals surface area contributed by atoms with E-state index in [2.05, 4.69) is 35.9 Å². The predicted octanol–water partition coefficient (Wildman–Crippen LogP) is 3.21. The normalized spacial score (nSPS) is 12.1. The van der Waals surface area contributed by atoms with E-state index in [0.29, 0.717) is 12.3 Å². The van der Waals surface area contributed by atoms with Crippen molar-refractivity contribution in [1.29, 1.82) is 0 Å². The summed E-state index contributed by atoms with van der Waals surface area (Å²) >= 11 is 0. The van der Waals surface area contributed by atoms with Gasteiger partial charge in [-0.05, 0) is 30.7 Å². The molecule has 1 aromatic rings. The molecule has 0 spiro atoms. The number of carbonyl (C=O) groups is 1. The molecule has 16 heavy (non-hydrogen) atoms. The number of carbonyl (C=O) groups excluding carboxylic acids is 1. The number of methoxy groups -OCH3 is 1. The van der Waals surface area contributed by atoms with Gasteiger partial charge in [0, 0.05) is 6.42 Å². The maximum atomic E-state index is 10.9. The zero-order chi connectivity index (χ0) is 11.8. The molecule has 0 radical (unpaired) electrons. The molecule has 0 aliphatic rings. The average Bonchev–Trinajstić information content (AvgIpc) is 2.30. The van der Waals surface area contributed by atoms with Crippen molar-refractivity contribution in [2.75, 3.05) is 7.11 Å². The molecular weight excluding hydrogens is 200 g/mol. The maximum Gasteiger partial charge on any atom is 0.305 e. The molecule has 0 heterocycles. The topological polar surface area (TPSA) is 26.3 Å². The lowest BCUT2D eigenvalue weighted by molar-refractivity contribution is -0.140. The number of hydrogen-bond donors (Lipinski definition) is 0. The van der Waals surface area contributed by atoms with Gasteiger partial charge in [-0.3, -0.25) is 4.79 Å². The van der Waals surface area contributed by atoms with E-state index >= 15 is 0 Å². The van der Waals surface area contributed by atoms with E-state index in [1.54, 1.807) is 0 Å². The molecule has 0 saturated carbocycles. The Kier molecular flexibility index (Phi) is 5.62. The monoisotopic (exact) mass is 220 g/mol. The van der Waals surface area contributed by atoms with Crippen LogP contribution in [-0.2, 0) is 16.0 Å². The first-order valence-electron chi connectivity index (χ1n) is 5.83. The fourth-order valence-corrected chi connectivity index (χ4v) is 1.82. The van der Waals surface area contributed by atoms with E-state index in [0.717, 1.165) is 19.3 Å². The summed E-state index contributed by atoms with van der Waals surface area (Å²) in [7, 11) is 1.44. The first-order valence-corrected chi connectivity index (χ1v) is 5.83. The van der Waals surface area contributed by atoms with E-state index in [1.807, 2.05) is 6.07 Å². The molecule has 0 amide bonds. The van der Waals surface area contributed by atoms with Gasteiger partial charge in [-0.25, -0.2) is 0 Å². The second-order valence-electron chi connectivity index (χ2n) is 4.26. The second-order valence-corrected chi connectivity index (χ2v) is 4.26. The molecule has 0 fully saturated rings. The highest BCUT2D eigenvalue weighted by Crippen LogP contribution is 2.14. The van der Waals surface area contributed by atoms with Crippen LogP contribution in [0.25, 0.3) is 0 Å². The van der Waals surface area contributed by atoms with Gasteiger partial charge in [-0.15, -0.1) is 0 Å². The van der Waals surface area contributed by atoms with Crippen LogP contribution in [0.1, 0.15) is 31.7 Å². The van der Waals surface area contributed by atoms with Crippen LogP contribution in [0, 0.1) is 5.92 Å². The van der Waals surface area contributed by atoms with Crippen molar-refractivity contribution >= 4 is 5.97 Å². The minimum Gasteiger partial charge on any atom is -0.469 e. The molecule has 0 aliphatic heterocycles. The van der Waals surface area contributed by atoms with Crippen LogP contribution in [0.4, 0.5) is 0 Å². The minimum atomic E-state index is -0.105. The fraction of sp³-hybridized carbons (Fsp3) is 0.500. The molecule has 2 heteroatoms. The number of benzene rings is 1. The van der Waals surface area contributed by atoms with Crippen molar-refractivity contribution in [2.24, 2.45) is 5.92 Å². The number of rotatable bonds is 6. The van der Waals surface area contributed by atoms with Gasteiger partial charge in [-0.1, -0.05) is 37.3 Å². The largest absolute Gasteiger partial charge is 0.469 e. The SMILES string of the molecule is COC(=O)CCC[C@H](C)Cc1ccccc1. The quantitative estimate of drug-likeness (QED) is 0.688. The smallest absolute Gasteiger partial charge is 0.305 e. The van der Waals surface area contributed by atoms with E-state index in [-0.39, 0.29) is 5.97 Å². The van der Waals surface area contributed by atoms with Gasteiger partial charge >= 0.3 is 5.97 Å². The van der Waals surface area contributed by atoms with E-state index in [1.165, 1.54) is 12.7 Å². The molecule has 1 aromatic carbocycles. The van der Waals surface area contributed by atoms with Gasteiger partial charge < -0.3 is 4.74 Å². The lowest BCUT2D eigenvalue weighted by Gasteiger charge is -2.10. The average molecular weight is 220 g/mol. The van der Waals surface area contributed by atoms with Crippen LogP contribution in [0.15, 0.2) is 30.3 Å². The van der Waals surface area contributed by atoms with Crippen molar-refractivity contribution in [3.05, 3.63) is 35.9 Å². The molecule has 0 N–H and O–H groups in total. The van der Waals surface area contributed by atoms with E-state index < -0.39 is 0 Å². The Bertz CT molecular complexity index is 306. The van der Waals surface area contributed by atoms with Crippen molar-refractivity contribution in [2.45, 2.75) is 32.6 Å². The summed E-state index contributed by atoms with van der Waals surface area (Å²) in [4.78, 5) is 10.9. The van der Waals surface area contributed by atoms with Crippen LogP contribution in [0.3, 0.4) is 0 Å². The summed E-state index contributed by atoms with van der Waals surface area (Å²) < 4.78 is 4.61. The Morgan fingerprint density at radius 2 is 2.00 bits per heavy atom. The zero-order valence-electron chi connectivity index (χ0n) is 10.1. The highest BCUT2D eigenvalue weighted by molar-refractivity contribution is 5.68. The molecule has 0 bridgehead atoms. The van der Waals surface area contributed by atoms with E-state index in [9.17, 15) is 4.79 Å². The third kappa shape index (κ3) is 4.96. The molecule has 2 nitrogen and oxygen atoms in total. The van der Waals surface area contributed by atoms with Gasteiger partial charge in [0.2, 0.25) is 0 Å². The maximum absolute atomic E-state index is 10.9. The first kappa shape index (κ1) is 12.8. The first-order chi connectivity index (χ1) is 7.72. The fourth-order valence-electron chi connectivity index (χ4n) is 1.82. The van der Waals surface area contributed by atoms with Gasteiger partial charge in [0.15, 0.2) is 0 Å². The van der Waals surface area contributed by atoms with Gasteiger partial charge in [-0.2, -0.15) is 0 Å². The summed E-state index contributed by atoms with van der Waals surface area (Å²) in [6.07, 6.45) is 3.61. The molecule has 0 unspecified atom stereocenters. The summed E-state index contributed by atoms with van der Waals surface area (Å²) in [5, 5.41) is 0. The zero-order valence-corrected chi connectivity index (χ0v) is 10.1.